The fraction of sp³-hybridized carbons (Fsp3) is 0.615. The van der Waals surface area contributed by atoms with E-state index in [1.807, 2.05) is 18.2 Å². The third kappa shape index (κ3) is 5.75. The lowest BCUT2D eigenvalue weighted by Crippen LogP contribution is -2.50. The Hall–Kier alpha value is -2.41. The predicted molar refractivity (Wildman–Crippen MR) is 126 cm³/mol. The van der Waals surface area contributed by atoms with Crippen molar-refractivity contribution in [1.82, 2.24) is 4.90 Å². The first-order valence-corrected chi connectivity index (χ1v) is 12.4. The molecule has 1 aliphatic heterocycles. The van der Waals surface area contributed by atoms with Crippen LogP contribution in [0.3, 0.4) is 0 Å². The van der Waals surface area contributed by atoms with E-state index in [0.29, 0.717) is 30.0 Å². The van der Waals surface area contributed by atoms with Gasteiger partial charge in [0.2, 0.25) is 0 Å². The summed E-state index contributed by atoms with van der Waals surface area (Å²) in [5.74, 6) is -0.545. The topological polar surface area (TPSA) is 75.9 Å². The molecule has 0 radical (unpaired) electrons. The van der Waals surface area contributed by atoms with Crippen LogP contribution >= 0.6 is 0 Å². The lowest BCUT2D eigenvalue weighted by Gasteiger charge is -2.39. The molecule has 4 rings (SSSR count). The van der Waals surface area contributed by atoms with E-state index in [-0.39, 0.29) is 11.8 Å². The summed E-state index contributed by atoms with van der Waals surface area (Å²) >= 11 is 0. The summed E-state index contributed by atoms with van der Waals surface area (Å²) < 4.78 is 19.8. The number of primary amides is 1. The van der Waals surface area contributed by atoms with Crippen LogP contribution in [0.1, 0.15) is 57.8 Å². The van der Waals surface area contributed by atoms with Crippen molar-refractivity contribution in [3.05, 3.63) is 41.7 Å². The summed E-state index contributed by atoms with van der Waals surface area (Å²) in [6.45, 7) is 4.47. The molecular formula is C26H36FN3O3. The van der Waals surface area contributed by atoms with Gasteiger partial charge in [-0.25, -0.2) is 9.18 Å². The van der Waals surface area contributed by atoms with Crippen molar-refractivity contribution >= 4 is 17.6 Å². The Kier molecular flexibility index (Phi) is 7.68. The highest BCUT2D eigenvalue weighted by Gasteiger charge is 2.44. The van der Waals surface area contributed by atoms with Gasteiger partial charge in [-0.3, -0.25) is 9.69 Å². The number of nitrogens with two attached hydrogens (primary N) is 1. The van der Waals surface area contributed by atoms with Gasteiger partial charge in [-0.05, 0) is 82.4 Å². The molecule has 2 N–H and O–H groups in total. The zero-order valence-corrected chi connectivity index (χ0v) is 19.4. The molecule has 1 heterocycles. The first-order chi connectivity index (χ1) is 16.0. The lowest BCUT2D eigenvalue weighted by atomic mass is 9.77. The maximum absolute atomic E-state index is 14.0. The number of piperazine rings is 1. The maximum atomic E-state index is 14.0. The Labute approximate surface area is 195 Å². The summed E-state index contributed by atoms with van der Waals surface area (Å²) in [6.07, 6.45) is 9.38. The highest BCUT2D eigenvalue weighted by Crippen LogP contribution is 2.37. The van der Waals surface area contributed by atoms with Crippen LogP contribution in [0.25, 0.3) is 0 Å². The number of hydrogen-bond acceptors (Lipinski definition) is 5. The van der Waals surface area contributed by atoms with Gasteiger partial charge in [-0.1, -0.05) is 18.2 Å². The van der Waals surface area contributed by atoms with Crippen LogP contribution in [0, 0.1) is 11.7 Å². The quantitative estimate of drug-likeness (QED) is 0.631. The van der Waals surface area contributed by atoms with Crippen molar-refractivity contribution in [1.29, 1.82) is 0 Å². The van der Waals surface area contributed by atoms with Crippen molar-refractivity contribution in [2.24, 2.45) is 11.7 Å². The minimum absolute atomic E-state index is 0.161. The zero-order chi connectivity index (χ0) is 23.3. The molecule has 7 heteroatoms. The van der Waals surface area contributed by atoms with Crippen LogP contribution in [0.2, 0.25) is 0 Å². The molecule has 3 aliphatic rings. The molecular weight excluding hydrogens is 421 g/mol. The van der Waals surface area contributed by atoms with Gasteiger partial charge in [-0.15, -0.1) is 0 Å². The molecule has 180 valence electrons. The van der Waals surface area contributed by atoms with E-state index in [9.17, 15) is 14.0 Å². The molecule has 0 bridgehead atoms. The van der Waals surface area contributed by atoms with Crippen LogP contribution < -0.4 is 10.6 Å². The number of halogens is 1. The van der Waals surface area contributed by atoms with E-state index in [2.05, 4.69) is 9.80 Å². The third-order valence-corrected chi connectivity index (χ3v) is 7.62. The number of hydrogen-bond donors (Lipinski definition) is 1. The molecule has 1 aromatic carbocycles. The van der Waals surface area contributed by atoms with Crippen molar-refractivity contribution in [3.8, 4) is 0 Å². The molecule has 0 atom stereocenters. The van der Waals surface area contributed by atoms with Gasteiger partial charge >= 0.3 is 5.97 Å². The fourth-order valence-corrected chi connectivity index (χ4v) is 5.38. The number of anilines is 1. The Balaban J connectivity index is 1.22. The molecule has 6 nitrogen and oxygen atoms in total. The van der Waals surface area contributed by atoms with Crippen LogP contribution in [-0.4, -0.2) is 55.1 Å². The Morgan fingerprint density at radius 2 is 1.82 bits per heavy atom. The summed E-state index contributed by atoms with van der Waals surface area (Å²) in [7, 11) is 0. The number of para-hydroxylation sites is 1. The number of allylic oxidation sites excluding steroid dienone is 1. The van der Waals surface area contributed by atoms with E-state index in [1.165, 1.54) is 6.07 Å². The Morgan fingerprint density at radius 3 is 2.45 bits per heavy atom. The third-order valence-electron chi connectivity index (χ3n) is 7.62. The average Bonchev–Trinajstić information content (AvgIpc) is 2.85. The average molecular weight is 458 g/mol. The second-order valence-electron chi connectivity index (χ2n) is 9.74. The van der Waals surface area contributed by atoms with Crippen LogP contribution in [-0.2, 0) is 14.3 Å². The zero-order valence-electron chi connectivity index (χ0n) is 19.4. The molecule has 0 aromatic heterocycles. The summed E-state index contributed by atoms with van der Waals surface area (Å²) in [4.78, 5) is 29.4. The lowest BCUT2D eigenvalue weighted by molar-refractivity contribution is -0.168. The van der Waals surface area contributed by atoms with Crippen LogP contribution in [0.4, 0.5) is 10.1 Å². The highest BCUT2D eigenvalue weighted by atomic mass is 19.1. The van der Waals surface area contributed by atoms with Crippen LogP contribution in [0.15, 0.2) is 35.9 Å². The van der Waals surface area contributed by atoms with Gasteiger partial charge in [0, 0.05) is 31.8 Å². The van der Waals surface area contributed by atoms with Gasteiger partial charge in [0.15, 0.2) is 5.60 Å². The first-order valence-electron chi connectivity index (χ1n) is 12.4. The molecule has 1 aromatic rings. The van der Waals surface area contributed by atoms with E-state index in [4.69, 9.17) is 10.5 Å². The Morgan fingerprint density at radius 1 is 1.09 bits per heavy atom. The van der Waals surface area contributed by atoms with Crippen molar-refractivity contribution in [3.63, 3.8) is 0 Å². The van der Waals surface area contributed by atoms with Gasteiger partial charge < -0.3 is 15.4 Å². The number of amides is 1. The second kappa shape index (κ2) is 10.7. The van der Waals surface area contributed by atoms with Gasteiger partial charge in [0.1, 0.15) is 5.82 Å². The normalized spacial score (nSPS) is 26.5. The predicted octanol–water partition coefficient (Wildman–Crippen LogP) is 3.80. The fourth-order valence-electron chi connectivity index (χ4n) is 5.38. The number of esters is 1. The van der Waals surface area contributed by atoms with Crippen LogP contribution in [0.5, 0.6) is 0 Å². The molecule has 1 amide bonds. The maximum Gasteiger partial charge on any atom is 0.334 e. The van der Waals surface area contributed by atoms with E-state index in [0.717, 1.165) is 77.7 Å². The minimum Gasteiger partial charge on any atom is -0.446 e. The molecule has 1 saturated carbocycles. The number of rotatable bonds is 7. The molecule has 0 spiro atoms. The van der Waals surface area contributed by atoms with E-state index >= 15 is 0 Å². The monoisotopic (exact) mass is 457 g/mol. The number of ether oxygens (including phenoxy) is 1. The minimum atomic E-state index is -1.16. The summed E-state index contributed by atoms with van der Waals surface area (Å²) in [5, 5.41) is 0. The van der Waals surface area contributed by atoms with Gasteiger partial charge in [-0.2, -0.15) is 0 Å². The number of nitrogens with zero attached hydrogens (tertiary/aromatic N) is 2. The highest BCUT2D eigenvalue weighted by molar-refractivity contribution is 5.93. The van der Waals surface area contributed by atoms with Crippen molar-refractivity contribution < 1.29 is 18.7 Å². The Bertz CT molecular complexity index is 871. The SMILES string of the molecule is NC(=O)C1(OC(=O)C2=CCCCC2)CCC(CCN2CCN(c3ccccc3F)CC2)CC1. The molecule has 0 unspecified atom stereocenters. The van der Waals surface area contributed by atoms with Crippen molar-refractivity contribution in [2.45, 2.75) is 63.4 Å². The largest absolute Gasteiger partial charge is 0.446 e. The standard InChI is InChI=1S/C26H36FN3O3/c27-22-8-4-5-9-23(22)30-18-16-29(17-19-30)15-12-20-10-13-26(14-11-20,25(28)32)33-24(31)21-6-2-1-3-7-21/h4-6,8-9,20H,1-3,7,10-19H2,(H2,28,32). The van der Waals surface area contributed by atoms with Gasteiger partial charge in [0.25, 0.3) is 5.91 Å². The van der Waals surface area contributed by atoms with E-state index < -0.39 is 11.5 Å². The molecule has 2 fully saturated rings. The van der Waals surface area contributed by atoms with Gasteiger partial charge in [0.05, 0.1) is 5.69 Å². The second-order valence-corrected chi connectivity index (χ2v) is 9.74. The summed E-state index contributed by atoms with van der Waals surface area (Å²) in [6, 6.07) is 6.96. The number of benzene rings is 1. The molecule has 2 aliphatic carbocycles. The first kappa shape index (κ1) is 23.7. The summed E-state index contributed by atoms with van der Waals surface area (Å²) in [5.41, 5.74) is 5.94. The number of carbonyl (C=O) groups is 2. The smallest absolute Gasteiger partial charge is 0.334 e. The number of carbonyl (C=O) groups excluding carboxylic acids is 2. The van der Waals surface area contributed by atoms with E-state index in [1.54, 1.807) is 6.07 Å². The van der Waals surface area contributed by atoms with Crippen molar-refractivity contribution in [2.75, 3.05) is 37.6 Å². The molecule has 1 saturated heterocycles. The molecule has 33 heavy (non-hydrogen) atoms.